The molecule has 1 aromatic rings. The van der Waals surface area contributed by atoms with Gasteiger partial charge in [0.15, 0.2) is 9.84 Å². The van der Waals surface area contributed by atoms with Crippen LogP contribution in [-0.4, -0.2) is 27.1 Å². The maximum absolute atomic E-state index is 11.2. The van der Waals surface area contributed by atoms with Crippen molar-refractivity contribution in [2.45, 2.75) is 17.9 Å². The third-order valence-corrected chi connectivity index (χ3v) is 3.34. The van der Waals surface area contributed by atoms with E-state index in [2.05, 4.69) is 5.32 Å². The van der Waals surface area contributed by atoms with Gasteiger partial charge in [-0.2, -0.15) is 0 Å². The molecule has 1 rings (SSSR count). The number of carbonyl (C=O) groups excluding carboxylic acids is 1. The zero-order chi connectivity index (χ0) is 12.9. The Hall–Kier alpha value is -1.40. The number of nitrogens with one attached hydrogen (secondary N) is 1. The fourth-order valence-corrected chi connectivity index (χ4v) is 1.91. The third-order valence-electron chi connectivity index (χ3n) is 2.21. The van der Waals surface area contributed by atoms with E-state index in [1.54, 1.807) is 12.1 Å². The molecule has 0 unspecified atom stereocenters. The molecule has 0 saturated heterocycles. The van der Waals surface area contributed by atoms with Crippen LogP contribution in [0.3, 0.4) is 0 Å². The smallest absolute Gasteiger partial charge is 0.221 e. The molecule has 0 atom stereocenters. The lowest BCUT2D eigenvalue weighted by atomic mass is 10.2. The van der Waals surface area contributed by atoms with Crippen LogP contribution in [0.15, 0.2) is 29.2 Å². The molecule has 0 bridgehead atoms. The van der Waals surface area contributed by atoms with Crippen LogP contribution in [0.4, 0.5) is 0 Å². The Morgan fingerprint density at radius 3 is 2.35 bits per heavy atom. The molecule has 5 nitrogen and oxygen atoms in total. The molecule has 1 amide bonds. The van der Waals surface area contributed by atoms with Crippen molar-refractivity contribution in [2.75, 3.05) is 12.8 Å². The van der Waals surface area contributed by atoms with Crippen molar-refractivity contribution >= 4 is 15.7 Å². The van der Waals surface area contributed by atoms with Crippen LogP contribution in [-0.2, 0) is 21.2 Å². The highest BCUT2D eigenvalue weighted by Gasteiger charge is 2.06. The van der Waals surface area contributed by atoms with E-state index in [1.165, 1.54) is 12.1 Å². The molecule has 94 valence electrons. The quantitative estimate of drug-likeness (QED) is 0.779. The first kappa shape index (κ1) is 13.7. The van der Waals surface area contributed by atoms with Gasteiger partial charge in [0.2, 0.25) is 5.91 Å². The van der Waals surface area contributed by atoms with E-state index in [-0.39, 0.29) is 10.8 Å². The number of carbonyl (C=O) groups is 1. The van der Waals surface area contributed by atoms with Crippen LogP contribution in [0.25, 0.3) is 0 Å². The van der Waals surface area contributed by atoms with Crippen LogP contribution in [0.5, 0.6) is 0 Å². The van der Waals surface area contributed by atoms with Crippen molar-refractivity contribution in [3.05, 3.63) is 29.8 Å². The molecule has 0 spiro atoms. The minimum Gasteiger partial charge on any atom is -0.352 e. The Bertz CT molecular complexity index is 480. The predicted molar refractivity (Wildman–Crippen MR) is 65.1 cm³/mol. The predicted octanol–water partition coefficient (Wildman–Crippen LogP) is 0.0551. The van der Waals surface area contributed by atoms with Gasteiger partial charge in [0.1, 0.15) is 0 Å². The Morgan fingerprint density at radius 1 is 1.29 bits per heavy atom. The Kier molecular flexibility index (Phi) is 4.65. The van der Waals surface area contributed by atoms with E-state index >= 15 is 0 Å². The van der Waals surface area contributed by atoms with Gasteiger partial charge in [-0.3, -0.25) is 4.79 Å². The first-order valence-electron chi connectivity index (χ1n) is 5.19. The maximum Gasteiger partial charge on any atom is 0.221 e. The van der Waals surface area contributed by atoms with Gasteiger partial charge in [-0.05, 0) is 17.7 Å². The maximum atomic E-state index is 11.2. The highest BCUT2D eigenvalue weighted by atomic mass is 32.2. The largest absolute Gasteiger partial charge is 0.352 e. The lowest BCUT2D eigenvalue weighted by Crippen LogP contribution is -2.24. The topological polar surface area (TPSA) is 89.3 Å². The Morgan fingerprint density at radius 2 is 1.88 bits per heavy atom. The minimum atomic E-state index is -3.16. The molecule has 0 aliphatic carbocycles. The van der Waals surface area contributed by atoms with Crippen LogP contribution >= 0.6 is 0 Å². The molecular weight excluding hydrogens is 240 g/mol. The van der Waals surface area contributed by atoms with Crippen molar-refractivity contribution < 1.29 is 13.2 Å². The summed E-state index contributed by atoms with van der Waals surface area (Å²) in [7, 11) is -3.16. The van der Waals surface area contributed by atoms with Gasteiger partial charge >= 0.3 is 0 Å². The van der Waals surface area contributed by atoms with Gasteiger partial charge in [0, 0.05) is 25.8 Å². The van der Waals surface area contributed by atoms with Gasteiger partial charge < -0.3 is 11.1 Å². The van der Waals surface area contributed by atoms with Crippen molar-refractivity contribution in [1.29, 1.82) is 0 Å². The minimum absolute atomic E-state index is 0.111. The molecule has 0 aliphatic heterocycles. The summed E-state index contributed by atoms with van der Waals surface area (Å²) in [4.78, 5) is 11.4. The number of rotatable bonds is 5. The standard InChI is InChI=1S/C11H16N2O3S/c1-17(15,16)10-4-2-9(3-5-10)8-13-11(14)6-7-12/h2-5H,6-8,12H2,1H3,(H,13,14). The van der Waals surface area contributed by atoms with Gasteiger partial charge in [0.05, 0.1) is 4.90 Å². The first-order chi connectivity index (χ1) is 7.93. The SMILES string of the molecule is CS(=O)(=O)c1ccc(CNC(=O)CCN)cc1. The second-order valence-electron chi connectivity index (χ2n) is 3.73. The molecule has 17 heavy (non-hydrogen) atoms. The molecule has 6 heteroatoms. The Labute approximate surface area is 101 Å². The van der Waals surface area contributed by atoms with Crippen molar-refractivity contribution in [1.82, 2.24) is 5.32 Å². The van der Waals surface area contributed by atoms with E-state index in [9.17, 15) is 13.2 Å². The number of amides is 1. The number of hydrogen-bond acceptors (Lipinski definition) is 4. The summed E-state index contributed by atoms with van der Waals surface area (Å²) in [5.41, 5.74) is 6.09. The second kappa shape index (κ2) is 5.79. The summed E-state index contributed by atoms with van der Waals surface area (Å²) in [6.07, 6.45) is 1.45. The monoisotopic (exact) mass is 256 g/mol. The molecule has 1 aromatic carbocycles. The van der Waals surface area contributed by atoms with Crippen LogP contribution < -0.4 is 11.1 Å². The fourth-order valence-electron chi connectivity index (χ4n) is 1.27. The van der Waals surface area contributed by atoms with Crippen molar-refractivity contribution in [2.24, 2.45) is 5.73 Å². The zero-order valence-corrected chi connectivity index (χ0v) is 10.5. The van der Waals surface area contributed by atoms with Crippen LogP contribution in [0.1, 0.15) is 12.0 Å². The fraction of sp³-hybridized carbons (Fsp3) is 0.364. The normalized spacial score (nSPS) is 11.2. The summed E-state index contributed by atoms with van der Waals surface area (Å²) in [5.74, 6) is -0.111. The van der Waals surface area contributed by atoms with E-state index in [0.717, 1.165) is 11.8 Å². The number of hydrogen-bond donors (Lipinski definition) is 2. The second-order valence-corrected chi connectivity index (χ2v) is 5.75. The average Bonchev–Trinajstić information content (AvgIpc) is 2.26. The molecule has 0 aromatic heterocycles. The summed E-state index contributed by atoms with van der Waals surface area (Å²) >= 11 is 0. The zero-order valence-electron chi connectivity index (χ0n) is 9.64. The molecule has 3 N–H and O–H groups in total. The summed E-state index contributed by atoms with van der Waals surface area (Å²) in [6.45, 7) is 0.696. The molecule has 0 fully saturated rings. The van der Waals surface area contributed by atoms with E-state index in [1.807, 2.05) is 0 Å². The molecule has 0 aliphatic rings. The van der Waals surface area contributed by atoms with Gasteiger partial charge in [-0.15, -0.1) is 0 Å². The van der Waals surface area contributed by atoms with Crippen LogP contribution in [0, 0.1) is 0 Å². The van der Waals surface area contributed by atoms with Crippen molar-refractivity contribution in [3.8, 4) is 0 Å². The van der Waals surface area contributed by atoms with Crippen LogP contribution in [0.2, 0.25) is 0 Å². The third kappa shape index (κ3) is 4.54. The molecule has 0 radical (unpaired) electrons. The first-order valence-corrected chi connectivity index (χ1v) is 7.08. The summed E-state index contributed by atoms with van der Waals surface area (Å²) in [5, 5.41) is 2.69. The number of nitrogens with two attached hydrogens (primary N) is 1. The van der Waals surface area contributed by atoms with Gasteiger partial charge in [0.25, 0.3) is 0 Å². The molecule has 0 heterocycles. The van der Waals surface area contributed by atoms with Gasteiger partial charge in [-0.1, -0.05) is 12.1 Å². The number of sulfone groups is 1. The van der Waals surface area contributed by atoms with E-state index in [4.69, 9.17) is 5.73 Å². The number of benzene rings is 1. The summed E-state index contributed by atoms with van der Waals surface area (Å²) < 4.78 is 22.4. The highest BCUT2D eigenvalue weighted by molar-refractivity contribution is 7.90. The lowest BCUT2D eigenvalue weighted by Gasteiger charge is -2.05. The highest BCUT2D eigenvalue weighted by Crippen LogP contribution is 2.10. The van der Waals surface area contributed by atoms with Crippen molar-refractivity contribution in [3.63, 3.8) is 0 Å². The van der Waals surface area contributed by atoms with E-state index in [0.29, 0.717) is 19.5 Å². The molecule has 0 saturated carbocycles. The van der Waals surface area contributed by atoms with Gasteiger partial charge in [-0.25, -0.2) is 8.42 Å². The summed E-state index contributed by atoms with van der Waals surface area (Å²) in [6, 6.07) is 6.41. The van der Waals surface area contributed by atoms with E-state index < -0.39 is 9.84 Å². The average molecular weight is 256 g/mol. The molecular formula is C11H16N2O3S. The Balaban J connectivity index is 2.60. The lowest BCUT2D eigenvalue weighted by molar-refractivity contribution is -0.121.